The first-order chi connectivity index (χ1) is 11.7. The smallest absolute Gasteiger partial charge is 0.157 e. The third kappa shape index (κ3) is 2.57. The summed E-state index contributed by atoms with van der Waals surface area (Å²) in [5.41, 5.74) is 0.944. The van der Waals surface area contributed by atoms with Crippen molar-refractivity contribution in [3.63, 3.8) is 0 Å². The van der Waals surface area contributed by atoms with Crippen LogP contribution in [0, 0.1) is 5.82 Å². The van der Waals surface area contributed by atoms with E-state index in [1.165, 1.54) is 15.6 Å². The molecule has 4 aromatic rings. The van der Waals surface area contributed by atoms with Crippen molar-refractivity contribution < 1.29 is 4.39 Å². The highest BCUT2D eigenvalue weighted by Crippen LogP contribution is 2.15. The molecule has 3 heteroatoms. The van der Waals surface area contributed by atoms with Crippen molar-refractivity contribution in [2.75, 3.05) is 0 Å². The maximum atomic E-state index is 13.7. The Hall–Kier alpha value is -2.65. The van der Waals surface area contributed by atoms with Crippen LogP contribution in [-0.2, 0) is 7.05 Å². The molecule has 117 valence electrons. The van der Waals surface area contributed by atoms with Gasteiger partial charge in [0.15, 0.2) is 8.80 Å². The molecule has 24 heavy (non-hydrogen) atoms. The average molecular weight is 330 g/mol. The van der Waals surface area contributed by atoms with E-state index >= 15 is 0 Å². The number of hydrogen-bond donors (Lipinski definition) is 0. The van der Waals surface area contributed by atoms with E-state index in [9.17, 15) is 4.39 Å². The Balaban J connectivity index is 1.98. The third-order valence-electron chi connectivity index (χ3n) is 4.35. The predicted octanol–water partition coefficient (Wildman–Crippen LogP) is 2.83. The number of fused-ring (bicyclic) bond motifs is 1. The number of benzene rings is 3. The fraction of sp³-hybridized carbons (Fsp3) is 0.0476. The van der Waals surface area contributed by atoms with Gasteiger partial charge in [0.2, 0.25) is 0 Å². The number of rotatable bonds is 3. The second-order valence-electron chi connectivity index (χ2n) is 5.92. The number of hydrogen-bond acceptors (Lipinski definition) is 0. The van der Waals surface area contributed by atoms with Crippen molar-refractivity contribution >= 4 is 35.3 Å². The molecule has 0 aliphatic heterocycles. The van der Waals surface area contributed by atoms with E-state index in [0.717, 1.165) is 10.9 Å². The van der Waals surface area contributed by atoms with Crippen molar-refractivity contribution in [2.24, 2.45) is 7.05 Å². The topological polar surface area (TPSA) is 4.93 Å². The molecule has 0 bridgehead atoms. The van der Waals surface area contributed by atoms with Crippen molar-refractivity contribution in [1.82, 2.24) is 4.57 Å². The Kier molecular flexibility index (Phi) is 3.79. The highest BCUT2D eigenvalue weighted by molar-refractivity contribution is 6.96. The van der Waals surface area contributed by atoms with Crippen molar-refractivity contribution in [1.29, 1.82) is 0 Å². The summed E-state index contributed by atoms with van der Waals surface area (Å²) >= 11 is 0. The number of aryl methyl sites for hydroxylation is 1. The predicted molar refractivity (Wildman–Crippen MR) is 100 cm³/mol. The van der Waals surface area contributed by atoms with Gasteiger partial charge in [0, 0.05) is 13.2 Å². The van der Waals surface area contributed by atoms with Gasteiger partial charge in [-0.25, -0.2) is 4.39 Å². The lowest BCUT2D eigenvalue weighted by molar-refractivity contribution is 0.629. The first-order valence-electron chi connectivity index (χ1n) is 7.97. The van der Waals surface area contributed by atoms with Crippen LogP contribution in [0.1, 0.15) is 0 Å². The summed E-state index contributed by atoms with van der Waals surface area (Å²) in [4.78, 5) is 0. The molecule has 3 aromatic carbocycles. The van der Waals surface area contributed by atoms with Gasteiger partial charge >= 0.3 is 0 Å². The minimum absolute atomic E-state index is 0.191. The second kappa shape index (κ2) is 6.10. The molecule has 0 spiro atoms. The fourth-order valence-electron chi connectivity index (χ4n) is 3.24. The minimum Gasteiger partial charge on any atom is -0.351 e. The lowest BCUT2D eigenvalue weighted by Gasteiger charge is -2.15. The summed E-state index contributed by atoms with van der Waals surface area (Å²) in [5, 5.41) is 5.12. The van der Waals surface area contributed by atoms with Crippen LogP contribution in [0.25, 0.3) is 10.9 Å². The summed E-state index contributed by atoms with van der Waals surface area (Å²) in [6.45, 7) is 0. The van der Waals surface area contributed by atoms with Crippen molar-refractivity contribution in [3.8, 4) is 0 Å². The Labute approximate surface area is 142 Å². The second-order valence-corrected chi connectivity index (χ2v) is 8.37. The van der Waals surface area contributed by atoms with E-state index in [2.05, 4.69) is 54.7 Å². The molecule has 4 rings (SSSR count). The summed E-state index contributed by atoms with van der Waals surface area (Å²) in [6.07, 6.45) is 2.17. The highest BCUT2D eigenvalue weighted by atomic mass is 28.3. The summed E-state index contributed by atoms with van der Waals surface area (Å²) in [6, 6.07) is 26.3. The summed E-state index contributed by atoms with van der Waals surface area (Å²) < 4.78 is 15.7. The number of halogens is 1. The number of aromatic nitrogens is 1. The van der Waals surface area contributed by atoms with Crippen LogP contribution in [0.4, 0.5) is 4.39 Å². The van der Waals surface area contributed by atoms with Gasteiger partial charge in [0.1, 0.15) is 5.82 Å². The van der Waals surface area contributed by atoms with E-state index < -0.39 is 8.80 Å². The SMILES string of the molecule is Cn1cc([Si](c2ccccc2)c2ccccc2)c2ccc(F)cc21. The minimum atomic E-state index is -1.14. The van der Waals surface area contributed by atoms with Crippen LogP contribution in [0.15, 0.2) is 85.1 Å². The first kappa shape index (κ1) is 14.9. The molecule has 0 saturated heterocycles. The van der Waals surface area contributed by atoms with Crippen LogP contribution >= 0.6 is 0 Å². The lowest BCUT2D eigenvalue weighted by Crippen LogP contribution is -2.51. The molecule has 1 radical (unpaired) electrons. The zero-order valence-corrected chi connectivity index (χ0v) is 14.4. The first-order valence-corrected chi connectivity index (χ1v) is 9.47. The molecule has 0 saturated carbocycles. The molecule has 1 heterocycles. The number of nitrogens with zero attached hydrogens (tertiary/aromatic N) is 1. The maximum absolute atomic E-state index is 13.7. The van der Waals surface area contributed by atoms with Crippen molar-refractivity contribution in [2.45, 2.75) is 0 Å². The molecule has 0 aliphatic rings. The van der Waals surface area contributed by atoms with Gasteiger partial charge in [-0.15, -0.1) is 0 Å². The molecule has 1 nitrogen and oxygen atoms in total. The Morgan fingerprint density at radius 2 is 1.38 bits per heavy atom. The van der Waals surface area contributed by atoms with E-state index in [-0.39, 0.29) is 5.82 Å². The summed E-state index contributed by atoms with van der Waals surface area (Å²) in [5.74, 6) is -0.191. The van der Waals surface area contributed by atoms with E-state index in [0.29, 0.717) is 0 Å². The van der Waals surface area contributed by atoms with Gasteiger partial charge in [-0.1, -0.05) is 77.1 Å². The van der Waals surface area contributed by atoms with E-state index in [4.69, 9.17) is 0 Å². The molecule has 0 atom stereocenters. The fourth-order valence-corrected chi connectivity index (χ4v) is 6.05. The molecule has 0 unspecified atom stereocenters. The maximum Gasteiger partial charge on any atom is 0.157 e. The molecule has 0 amide bonds. The quantitative estimate of drug-likeness (QED) is 0.509. The standard InChI is InChI=1S/C21H17FNSi/c1-23-15-21(19-13-12-16(22)14-20(19)23)24(17-8-4-2-5-9-17)18-10-6-3-7-11-18/h2-15H,1H3. The van der Waals surface area contributed by atoms with Crippen LogP contribution in [0.2, 0.25) is 0 Å². The lowest BCUT2D eigenvalue weighted by atomic mass is 10.2. The normalized spacial score (nSPS) is 11.3. The molecular weight excluding hydrogens is 313 g/mol. The zero-order valence-electron chi connectivity index (χ0n) is 13.4. The van der Waals surface area contributed by atoms with Gasteiger partial charge < -0.3 is 4.57 Å². The summed E-state index contributed by atoms with van der Waals surface area (Å²) in [7, 11) is 0.849. The highest BCUT2D eigenvalue weighted by Gasteiger charge is 2.23. The van der Waals surface area contributed by atoms with Gasteiger partial charge in [0.05, 0.1) is 5.52 Å². The zero-order chi connectivity index (χ0) is 16.5. The average Bonchev–Trinajstić information content (AvgIpc) is 2.93. The Bertz CT molecular complexity index is 937. The van der Waals surface area contributed by atoms with Crippen LogP contribution in [0.5, 0.6) is 0 Å². The Morgan fingerprint density at radius 1 is 0.792 bits per heavy atom. The van der Waals surface area contributed by atoms with Gasteiger partial charge in [-0.3, -0.25) is 0 Å². The molecular formula is C21H17FNSi. The largest absolute Gasteiger partial charge is 0.351 e. The van der Waals surface area contributed by atoms with Crippen LogP contribution < -0.4 is 15.6 Å². The van der Waals surface area contributed by atoms with Gasteiger partial charge in [-0.2, -0.15) is 0 Å². The van der Waals surface area contributed by atoms with Crippen LogP contribution in [-0.4, -0.2) is 13.4 Å². The molecule has 0 aliphatic carbocycles. The van der Waals surface area contributed by atoms with E-state index in [1.54, 1.807) is 12.1 Å². The monoisotopic (exact) mass is 330 g/mol. The van der Waals surface area contributed by atoms with Crippen molar-refractivity contribution in [3.05, 3.63) is 90.9 Å². The van der Waals surface area contributed by atoms with Gasteiger partial charge in [-0.05, 0) is 22.7 Å². The third-order valence-corrected chi connectivity index (χ3v) is 7.11. The van der Waals surface area contributed by atoms with E-state index in [1.807, 2.05) is 29.8 Å². The van der Waals surface area contributed by atoms with Crippen LogP contribution in [0.3, 0.4) is 0 Å². The Morgan fingerprint density at radius 3 is 1.96 bits per heavy atom. The molecule has 1 aromatic heterocycles. The molecule has 0 N–H and O–H groups in total. The molecule has 0 fully saturated rings. The van der Waals surface area contributed by atoms with Gasteiger partial charge in [0.25, 0.3) is 0 Å².